The normalized spacial score (nSPS) is 10.4. The van der Waals surface area contributed by atoms with Crippen LogP contribution in [0.4, 0.5) is 0 Å². The Kier molecular flexibility index (Phi) is 3.83. The van der Waals surface area contributed by atoms with E-state index < -0.39 is 10.1 Å². The number of phenols is 1. The second-order valence-corrected chi connectivity index (χ2v) is 3.39. The van der Waals surface area contributed by atoms with Crippen LogP contribution in [0.15, 0.2) is 29.2 Å². The van der Waals surface area contributed by atoms with Crippen LogP contribution >= 0.6 is 0 Å². The Hall–Kier alpha value is -0.447. The molecule has 0 unspecified atom stereocenters. The molecule has 2 N–H and O–H groups in total. The van der Waals surface area contributed by atoms with Crippen molar-refractivity contribution < 1.29 is 37.6 Å². The number of aromatic hydroxyl groups is 1. The Morgan fingerprint density at radius 1 is 1.08 bits per heavy atom. The number of phenolic OH excluding ortho intramolecular Hbond substituents is 1. The zero-order valence-electron chi connectivity index (χ0n) is 6.14. The fourth-order valence-corrected chi connectivity index (χ4v) is 1.10. The Labute approximate surface area is 82.7 Å². The third kappa shape index (κ3) is 2.89. The van der Waals surface area contributed by atoms with Gasteiger partial charge >= 0.3 is 0 Å². The molecule has 0 fully saturated rings. The molecule has 4 nitrogen and oxygen atoms in total. The van der Waals surface area contributed by atoms with Crippen molar-refractivity contribution in [3.63, 3.8) is 0 Å². The largest absolute Gasteiger partial charge is 0.508 e. The summed E-state index contributed by atoms with van der Waals surface area (Å²) in [5, 5.41) is 8.75. The molecule has 1 aromatic carbocycles. The average molecular weight is 240 g/mol. The third-order valence-corrected chi connectivity index (χ3v) is 2.00. The second kappa shape index (κ2) is 3.98. The molecule has 0 aromatic heterocycles. The van der Waals surface area contributed by atoms with E-state index in [1.165, 1.54) is 12.1 Å². The van der Waals surface area contributed by atoms with Crippen LogP contribution in [-0.2, 0) is 29.6 Å². The fraction of sp³-hybridized carbons (Fsp3) is 0. The van der Waals surface area contributed by atoms with Gasteiger partial charge in [-0.1, -0.05) is 0 Å². The first kappa shape index (κ1) is 11.6. The van der Waals surface area contributed by atoms with Crippen molar-refractivity contribution in [2.24, 2.45) is 0 Å². The fourth-order valence-electron chi connectivity index (χ4n) is 0.618. The van der Waals surface area contributed by atoms with E-state index in [9.17, 15) is 8.42 Å². The Morgan fingerprint density at radius 2 is 1.50 bits per heavy atom. The molecule has 0 aliphatic rings. The molecule has 1 aromatic rings. The van der Waals surface area contributed by atoms with Crippen LogP contribution in [0.1, 0.15) is 0 Å². The van der Waals surface area contributed by atoms with E-state index in [0.29, 0.717) is 0 Å². The van der Waals surface area contributed by atoms with Gasteiger partial charge in [-0.3, -0.25) is 4.55 Å². The first-order valence-electron chi connectivity index (χ1n) is 2.77. The summed E-state index contributed by atoms with van der Waals surface area (Å²) in [5.41, 5.74) is 0. The van der Waals surface area contributed by atoms with Gasteiger partial charge in [0.2, 0.25) is 0 Å². The molecule has 0 heterocycles. The summed E-state index contributed by atoms with van der Waals surface area (Å²) in [6.45, 7) is 0. The molecule has 1 rings (SSSR count). The first-order valence-corrected chi connectivity index (χ1v) is 4.21. The van der Waals surface area contributed by atoms with Crippen molar-refractivity contribution in [2.45, 2.75) is 4.90 Å². The van der Waals surface area contributed by atoms with Crippen LogP contribution in [-0.4, -0.2) is 18.1 Å². The maximum absolute atomic E-state index is 10.4. The molecule has 12 heavy (non-hydrogen) atoms. The molecule has 6 heteroatoms. The van der Waals surface area contributed by atoms with Crippen LogP contribution in [0.5, 0.6) is 5.75 Å². The molecule has 0 spiro atoms. The van der Waals surface area contributed by atoms with Crippen molar-refractivity contribution in [3.05, 3.63) is 24.3 Å². The van der Waals surface area contributed by atoms with Gasteiger partial charge in [0.15, 0.2) is 0 Å². The second-order valence-electron chi connectivity index (χ2n) is 1.97. The first-order chi connectivity index (χ1) is 5.00. The predicted molar refractivity (Wildman–Crippen MR) is 37.9 cm³/mol. The van der Waals surface area contributed by atoms with Crippen LogP contribution in [0, 0.1) is 0 Å². The number of hydrogen-bond donors (Lipinski definition) is 2. The number of benzene rings is 1. The Bertz CT molecular complexity index is 342. The van der Waals surface area contributed by atoms with Crippen LogP contribution in [0.25, 0.3) is 0 Å². The molecule has 0 bridgehead atoms. The monoisotopic (exact) mass is 238 g/mol. The maximum Gasteiger partial charge on any atom is 0.294 e. The zero-order valence-corrected chi connectivity index (χ0v) is 9.92. The molecule has 0 saturated heterocycles. The minimum atomic E-state index is -4.13. The Balaban J connectivity index is 0.00000121. The summed E-state index contributed by atoms with van der Waals surface area (Å²) in [7, 11) is -4.13. The molecule has 0 radical (unpaired) electrons. The van der Waals surface area contributed by atoms with Gasteiger partial charge in [0.25, 0.3) is 10.1 Å². The summed E-state index contributed by atoms with van der Waals surface area (Å²) in [6, 6.07) is 4.60. The van der Waals surface area contributed by atoms with E-state index in [1.54, 1.807) is 0 Å². The standard InChI is InChI=1S/C6H6O4S.Zn/c7-5-1-3-6(4-2-5)11(8,9)10;/h1-4,7H,(H,8,9,10);. The molecule has 62 valence electrons. The summed E-state index contributed by atoms with van der Waals surface area (Å²) in [4.78, 5) is -0.227. The van der Waals surface area contributed by atoms with Gasteiger partial charge in [0.05, 0.1) is 4.90 Å². The van der Waals surface area contributed by atoms with E-state index in [1.807, 2.05) is 0 Å². The van der Waals surface area contributed by atoms with Crippen molar-refractivity contribution in [2.75, 3.05) is 0 Å². The van der Waals surface area contributed by atoms with E-state index in [4.69, 9.17) is 9.66 Å². The average Bonchev–Trinajstić information content (AvgIpc) is 1.86. The van der Waals surface area contributed by atoms with Gasteiger partial charge < -0.3 is 5.11 Å². The maximum atomic E-state index is 10.4. The molecule has 0 atom stereocenters. The van der Waals surface area contributed by atoms with Gasteiger partial charge in [-0.15, -0.1) is 0 Å². The van der Waals surface area contributed by atoms with E-state index in [0.717, 1.165) is 12.1 Å². The number of rotatable bonds is 1. The van der Waals surface area contributed by atoms with Gasteiger partial charge in [-0.05, 0) is 24.3 Å². The zero-order chi connectivity index (χ0) is 8.48. The van der Waals surface area contributed by atoms with E-state index >= 15 is 0 Å². The van der Waals surface area contributed by atoms with Crippen molar-refractivity contribution in [3.8, 4) is 5.75 Å². The summed E-state index contributed by atoms with van der Waals surface area (Å²) >= 11 is 0. The summed E-state index contributed by atoms with van der Waals surface area (Å²) in [6.07, 6.45) is 0. The summed E-state index contributed by atoms with van der Waals surface area (Å²) in [5.74, 6) is -0.0441. The predicted octanol–water partition coefficient (Wildman–Crippen LogP) is 0.636. The van der Waals surface area contributed by atoms with Crippen molar-refractivity contribution in [1.29, 1.82) is 0 Å². The van der Waals surface area contributed by atoms with Crippen LogP contribution in [0.3, 0.4) is 0 Å². The molecule has 0 amide bonds. The van der Waals surface area contributed by atoms with E-state index in [2.05, 4.69) is 0 Å². The molecule has 0 aliphatic carbocycles. The Morgan fingerprint density at radius 3 is 1.83 bits per heavy atom. The van der Waals surface area contributed by atoms with E-state index in [-0.39, 0.29) is 30.1 Å². The molecular weight excluding hydrogens is 234 g/mol. The van der Waals surface area contributed by atoms with Gasteiger partial charge in [0, 0.05) is 19.5 Å². The van der Waals surface area contributed by atoms with Crippen LogP contribution in [0.2, 0.25) is 0 Å². The third-order valence-electron chi connectivity index (χ3n) is 1.13. The van der Waals surface area contributed by atoms with Crippen molar-refractivity contribution >= 4 is 10.1 Å². The van der Waals surface area contributed by atoms with Gasteiger partial charge in [-0.25, -0.2) is 0 Å². The van der Waals surface area contributed by atoms with Crippen molar-refractivity contribution in [1.82, 2.24) is 0 Å². The smallest absolute Gasteiger partial charge is 0.294 e. The summed E-state index contributed by atoms with van der Waals surface area (Å²) < 4.78 is 29.3. The number of hydrogen-bond acceptors (Lipinski definition) is 3. The molecule has 0 saturated carbocycles. The minimum absolute atomic E-state index is 0. The SMILES string of the molecule is O=S(=O)(O)c1ccc(O)cc1.[Zn]. The van der Waals surface area contributed by atoms with Gasteiger partial charge in [-0.2, -0.15) is 8.42 Å². The van der Waals surface area contributed by atoms with Gasteiger partial charge in [0.1, 0.15) is 5.75 Å². The quantitative estimate of drug-likeness (QED) is 0.557. The molecule has 0 aliphatic heterocycles. The van der Waals surface area contributed by atoms with Crippen LogP contribution < -0.4 is 0 Å². The molecular formula is C6H6O4SZn. The minimum Gasteiger partial charge on any atom is -0.508 e. The topological polar surface area (TPSA) is 74.6 Å².